The van der Waals surface area contributed by atoms with Crippen molar-refractivity contribution in [3.8, 4) is 0 Å². The highest BCUT2D eigenvalue weighted by molar-refractivity contribution is 7.99. The number of aryl methyl sites for hydroxylation is 1. The van der Waals surface area contributed by atoms with Gasteiger partial charge < -0.3 is 9.67 Å². The number of carboxylic acid groups (broad SMARTS) is 1. The lowest BCUT2D eigenvalue weighted by Crippen LogP contribution is -2.12. The summed E-state index contributed by atoms with van der Waals surface area (Å²) in [5.41, 5.74) is 0. The van der Waals surface area contributed by atoms with Crippen LogP contribution in [0.25, 0.3) is 0 Å². The minimum atomic E-state index is -0.814. The molecule has 1 N–H and O–H groups in total. The standard InChI is InChI=1S/C12H19N3O2S2/c1-3-10-13-14-12(19-7-11(16)17)15(10)8-4-5-9(6-8)18-2/h8-9H,3-7H2,1-2H3,(H,16,17). The molecule has 0 amide bonds. The van der Waals surface area contributed by atoms with Gasteiger partial charge in [-0.1, -0.05) is 18.7 Å². The maximum Gasteiger partial charge on any atom is 0.313 e. The minimum Gasteiger partial charge on any atom is -0.481 e. The van der Waals surface area contributed by atoms with Gasteiger partial charge in [-0.2, -0.15) is 11.8 Å². The zero-order valence-corrected chi connectivity index (χ0v) is 12.8. The summed E-state index contributed by atoms with van der Waals surface area (Å²) in [6.07, 6.45) is 6.47. The minimum absolute atomic E-state index is 0.0422. The van der Waals surface area contributed by atoms with Crippen LogP contribution < -0.4 is 0 Å². The van der Waals surface area contributed by atoms with Crippen LogP contribution in [0.3, 0.4) is 0 Å². The lowest BCUT2D eigenvalue weighted by Gasteiger charge is -2.16. The Kier molecular flexibility index (Phi) is 5.15. The van der Waals surface area contributed by atoms with Gasteiger partial charge >= 0.3 is 5.97 Å². The molecule has 2 unspecified atom stereocenters. The predicted molar refractivity (Wildman–Crippen MR) is 78.0 cm³/mol. The summed E-state index contributed by atoms with van der Waals surface area (Å²) in [5.74, 6) is 0.200. The third kappa shape index (κ3) is 3.45. The van der Waals surface area contributed by atoms with Gasteiger partial charge in [0.05, 0.1) is 5.75 Å². The molecule has 5 nitrogen and oxygen atoms in total. The molecule has 1 saturated carbocycles. The predicted octanol–water partition coefficient (Wildman–Crippen LogP) is 2.47. The number of aliphatic carboxylic acids is 1. The molecule has 19 heavy (non-hydrogen) atoms. The van der Waals surface area contributed by atoms with Crippen molar-refractivity contribution in [2.75, 3.05) is 12.0 Å². The number of rotatable bonds is 6. The van der Waals surface area contributed by atoms with Crippen molar-refractivity contribution in [2.45, 2.75) is 49.1 Å². The van der Waals surface area contributed by atoms with Gasteiger partial charge in [-0.25, -0.2) is 0 Å². The van der Waals surface area contributed by atoms with E-state index in [9.17, 15) is 4.79 Å². The Morgan fingerprint density at radius 3 is 2.84 bits per heavy atom. The van der Waals surface area contributed by atoms with Crippen LogP contribution in [-0.2, 0) is 11.2 Å². The van der Waals surface area contributed by atoms with Crippen molar-refractivity contribution in [1.82, 2.24) is 14.8 Å². The summed E-state index contributed by atoms with van der Waals surface area (Å²) >= 11 is 3.19. The van der Waals surface area contributed by atoms with Gasteiger partial charge in [0.2, 0.25) is 0 Å². The van der Waals surface area contributed by atoms with E-state index in [0.29, 0.717) is 11.3 Å². The van der Waals surface area contributed by atoms with Crippen LogP contribution in [0.4, 0.5) is 0 Å². The summed E-state index contributed by atoms with van der Waals surface area (Å²) in [5, 5.41) is 18.6. The van der Waals surface area contributed by atoms with Crippen molar-refractivity contribution in [1.29, 1.82) is 0 Å². The van der Waals surface area contributed by atoms with Crippen LogP contribution in [-0.4, -0.2) is 43.1 Å². The smallest absolute Gasteiger partial charge is 0.313 e. The van der Waals surface area contributed by atoms with Crippen LogP contribution in [0, 0.1) is 0 Å². The summed E-state index contributed by atoms with van der Waals surface area (Å²) in [4.78, 5) is 10.7. The average Bonchev–Trinajstić information content (AvgIpc) is 3.01. The Bertz CT molecular complexity index is 450. The first kappa shape index (κ1) is 14.7. The lowest BCUT2D eigenvalue weighted by molar-refractivity contribution is -0.133. The molecule has 0 aliphatic heterocycles. The van der Waals surface area contributed by atoms with Crippen molar-refractivity contribution in [2.24, 2.45) is 0 Å². The number of hydrogen-bond donors (Lipinski definition) is 1. The van der Waals surface area contributed by atoms with E-state index in [1.54, 1.807) is 0 Å². The molecule has 0 bridgehead atoms. The van der Waals surface area contributed by atoms with E-state index in [4.69, 9.17) is 5.11 Å². The molecule has 0 saturated heterocycles. The number of thioether (sulfide) groups is 2. The molecule has 1 aliphatic carbocycles. The molecule has 1 aliphatic rings. The normalized spacial score (nSPS) is 22.8. The number of carboxylic acids is 1. The quantitative estimate of drug-likeness (QED) is 0.814. The third-order valence-electron chi connectivity index (χ3n) is 3.43. The Labute approximate surface area is 121 Å². The van der Waals surface area contributed by atoms with E-state index in [0.717, 1.165) is 30.2 Å². The third-order valence-corrected chi connectivity index (χ3v) is 5.45. The van der Waals surface area contributed by atoms with Crippen LogP contribution in [0.15, 0.2) is 5.16 Å². The summed E-state index contributed by atoms with van der Waals surface area (Å²) in [7, 11) is 0. The molecule has 0 spiro atoms. The van der Waals surface area contributed by atoms with Crippen molar-refractivity contribution < 1.29 is 9.90 Å². The van der Waals surface area contributed by atoms with Crippen molar-refractivity contribution in [3.63, 3.8) is 0 Å². The Morgan fingerprint density at radius 1 is 1.47 bits per heavy atom. The zero-order valence-electron chi connectivity index (χ0n) is 11.2. The average molecular weight is 301 g/mol. The van der Waals surface area contributed by atoms with E-state index >= 15 is 0 Å². The first-order valence-electron chi connectivity index (χ1n) is 6.46. The molecule has 2 atom stereocenters. The number of hydrogen-bond acceptors (Lipinski definition) is 5. The van der Waals surface area contributed by atoms with Gasteiger partial charge in [-0.15, -0.1) is 10.2 Å². The Balaban J connectivity index is 2.16. The lowest BCUT2D eigenvalue weighted by atomic mass is 10.2. The monoisotopic (exact) mass is 301 g/mol. The second-order valence-electron chi connectivity index (χ2n) is 4.63. The molecular formula is C12H19N3O2S2. The van der Waals surface area contributed by atoms with Gasteiger partial charge in [0.1, 0.15) is 5.82 Å². The molecular weight excluding hydrogens is 282 g/mol. The van der Waals surface area contributed by atoms with E-state index in [2.05, 4.69) is 27.9 Å². The number of aromatic nitrogens is 3. The van der Waals surface area contributed by atoms with E-state index in [-0.39, 0.29) is 5.75 Å². The molecule has 2 rings (SSSR count). The SMILES string of the molecule is CCc1nnc(SCC(=O)O)n1C1CCC(SC)C1. The summed E-state index contributed by atoms with van der Waals surface area (Å²) in [6.45, 7) is 2.06. The number of nitrogens with zero attached hydrogens (tertiary/aromatic N) is 3. The highest BCUT2D eigenvalue weighted by Crippen LogP contribution is 2.38. The van der Waals surface area contributed by atoms with Crippen LogP contribution in [0.2, 0.25) is 0 Å². The maximum absolute atomic E-state index is 10.7. The van der Waals surface area contributed by atoms with Crippen molar-refractivity contribution in [3.05, 3.63) is 5.82 Å². The Morgan fingerprint density at radius 2 is 2.26 bits per heavy atom. The maximum atomic E-state index is 10.7. The fourth-order valence-corrected chi connectivity index (χ4v) is 4.04. The molecule has 0 radical (unpaired) electrons. The Hall–Kier alpha value is -0.690. The fourth-order valence-electron chi connectivity index (χ4n) is 2.51. The van der Waals surface area contributed by atoms with E-state index < -0.39 is 5.97 Å². The second kappa shape index (κ2) is 6.65. The first-order chi connectivity index (χ1) is 9.15. The van der Waals surface area contributed by atoms with Crippen LogP contribution in [0.5, 0.6) is 0 Å². The molecule has 1 heterocycles. The van der Waals surface area contributed by atoms with Crippen LogP contribution in [0.1, 0.15) is 38.1 Å². The summed E-state index contributed by atoms with van der Waals surface area (Å²) < 4.78 is 2.17. The highest BCUT2D eigenvalue weighted by atomic mass is 32.2. The largest absolute Gasteiger partial charge is 0.481 e. The molecule has 1 fully saturated rings. The molecule has 7 heteroatoms. The van der Waals surface area contributed by atoms with Gasteiger partial charge in [-0.3, -0.25) is 4.79 Å². The fraction of sp³-hybridized carbons (Fsp3) is 0.750. The summed E-state index contributed by atoms with van der Waals surface area (Å²) in [6, 6.07) is 0.429. The van der Waals surface area contributed by atoms with Gasteiger partial charge in [0.25, 0.3) is 0 Å². The van der Waals surface area contributed by atoms with Crippen LogP contribution >= 0.6 is 23.5 Å². The second-order valence-corrected chi connectivity index (χ2v) is 6.71. The molecule has 1 aromatic heterocycles. The van der Waals surface area contributed by atoms with Gasteiger partial charge in [0.15, 0.2) is 5.16 Å². The highest BCUT2D eigenvalue weighted by Gasteiger charge is 2.29. The van der Waals surface area contributed by atoms with Gasteiger partial charge in [-0.05, 0) is 25.5 Å². The van der Waals surface area contributed by atoms with E-state index in [1.165, 1.54) is 18.2 Å². The first-order valence-corrected chi connectivity index (χ1v) is 8.74. The number of carbonyl (C=O) groups is 1. The van der Waals surface area contributed by atoms with E-state index in [1.807, 2.05) is 11.8 Å². The molecule has 106 valence electrons. The van der Waals surface area contributed by atoms with Gasteiger partial charge in [0, 0.05) is 17.7 Å². The zero-order chi connectivity index (χ0) is 13.8. The molecule has 0 aromatic carbocycles. The topological polar surface area (TPSA) is 68.0 Å². The van der Waals surface area contributed by atoms with Crippen molar-refractivity contribution >= 4 is 29.5 Å². The molecule has 1 aromatic rings.